The Balaban J connectivity index is 2.20. The number of fused-ring (bicyclic) bond motifs is 1. The Bertz CT molecular complexity index is 617. The highest BCUT2D eigenvalue weighted by Gasteiger charge is 2.24. The zero-order valence-corrected chi connectivity index (χ0v) is 11.7. The molecule has 0 unspecified atom stereocenters. The minimum Gasteiger partial charge on any atom is -0.294 e. The van der Waals surface area contributed by atoms with Gasteiger partial charge in [-0.2, -0.15) is 0 Å². The molecule has 1 aliphatic rings. The van der Waals surface area contributed by atoms with Crippen molar-refractivity contribution in [3.63, 3.8) is 0 Å². The lowest BCUT2D eigenvalue weighted by atomic mass is 9.97. The lowest BCUT2D eigenvalue weighted by Gasteiger charge is -2.13. The van der Waals surface area contributed by atoms with Gasteiger partial charge in [0.2, 0.25) is 0 Å². The predicted molar refractivity (Wildman–Crippen MR) is 72.9 cm³/mol. The topological polar surface area (TPSA) is 34.9 Å². The van der Waals surface area contributed by atoms with Crippen molar-refractivity contribution in [2.45, 2.75) is 40.0 Å². The van der Waals surface area contributed by atoms with Crippen LogP contribution in [0.25, 0.3) is 5.13 Å². The van der Waals surface area contributed by atoms with Gasteiger partial charge >= 0.3 is 0 Å². The molecule has 0 aromatic carbocycles. The van der Waals surface area contributed by atoms with Crippen LogP contribution in [0.1, 0.15) is 45.2 Å². The third-order valence-corrected chi connectivity index (χ3v) is 4.67. The van der Waals surface area contributed by atoms with E-state index in [4.69, 9.17) is 0 Å². The Hall–Kier alpha value is -1.42. The average molecular weight is 260 g/mol. The van der Waals surface area contributed by atoms with E-state index in [9.17, 15) is 4.79 Å². The fraction of sp³-hybridized carbons (Fsp3) is 0.429. The molecule has 0 N–H and O–H groups in total. The SMILES string of the molecule is Cc1nc(-n2c(C)cc3c2CCCC3=O)sc1C. The van der Waals surface area contributed by atoms with Crippen molar-refractivity contribution in [3.8, 4) is 5.13 Å². The molecule has 0 fully saturated rings. The van der Waals surface area contributed by atoms with Gasteiger partial charge in [0.15, 0.2) is 10.9 Å². The monoisotopic (exact) mass is 260 g/mol. The summed E-state index contributed by atoms with van der Waals surface area (Å²) in [7, 11) is 0. The first-order valence-electron chi connectivity index (χ1n) is 6.26. The van der Waals surface area contributed by atoms with Crippen LogP contribution in [0.15, 0.2) is 6.07 Å². The highest BCUT2D eigenvalue weighted by Crippen LogP contribution is 2.30. The number of Topliss-reactive ketones (excluding diaryl/α,β-unsaturated/α-hetero) is 1. The van der Waals surface area contributed by atoms with Crippen molar-refractivity contribution in [1.29, 1.82) is 0 Å². The summed E-state index contributed by atoms with van der Waals surface area (Å²) >= 11 is 1.70. The van der Waals surface area contributed by atoms with E-state index in [1.54, 1.807) is 11.3 Å². The van der Waals surface area contributed by atoms with Gasteiger partial charge in [0.25, 0.3) is 0 Å². The van der Waals surface area contributed by atoms with E-state index in [0.29, 0.717) is 6.42 Å². The Morgan fingerprint density at radius 2 is 2.06 bits per heavy atom. The third kappa shape index (κ3) is 1.63. The number of rotatable bonds is 1. The van der Waals surface area contributed by atoms with Gasteiger partial charge < -0.3 is 0 Å². The molecule has 94 valence electrons. The molecule has 2 heterocycles. The van der Waals surface area contributed by atoms with Gasteiger partial charge in [0.1, 0.15) is 0 Å². The molecular weight excluding hydrogens is 244 g/mol. The van der Waals surface area contributed by atoms with Crippen LogP contribution in [0, 0.1) is 20.8 Å². The number of carbonyl (C=O) groups excluding carboxylic acids is 1. The number of hydrogen-bond donors (Lipinski definition) is 0. The number of hydrogen-bond acceptors (Lipinski definition) is 3. The highest BCUT2D eigenvalue weighted by atomic mass is 32.1. The summed E-state index contributed by atoms with van der Waals surface area (Å²) in [6.45, 7) is 6.18. The summed E-state index contributed by atoms with van der Waals surface area (Å²) in [6, 6.07) is 2.02. The summed E-state index contributed by atoms with van der Waals surface area (Å²) in [4.78, 5) is 17.8. The summed E-state index contributed by atoms with van der Waals surface area (Å²) in [5, 5.41) is 0.999. The Morgan fingerprint density at radius 1 is 1.28 bits per heavy atom. The molecule has 0 saturated carbocycles. The second-order valence-corrected chi connectivity index (χ2v) is 6.08. The molecule has 0 atom stereocenters. The second kappa shape index (κ2) is 4.05. The largest absolute Gasteiger partial charge is 0.294 e. The fourth-order valence-corrected chi connectivity index (χ4v) is 3.54. The molecule has 0 amide bonds. The number of thiazole rings is 1. The number of ketones is 1. The van der Waals surface area contributed by atoms with Gasteiger partial charge in [0.05, 0.1) is 5.69 Å². The van der Waals surface area contributed by atoms with Crippen molar-refractivity contribution in [2.75, 3.05) is 0 Å². The van der Waals surface area contributed by atoms with Gasteiger partial charge in [-0.25, -0.2) is 4.98 Å². The third-order valence-electron chi connectivity index (χ3n) is 3.61. The molecule has 0 aliphatic heterocycles. The standard InChI is InChI=1S/C14H16N2OS/c1-8-7-11-12(5-4-6-13(11)17)16(8)14-15-9(2)10(3)18-14/h7H,4-6H2,1-3H3. The molecule has 18 heavy (non-hydrogen) atoms. The van der Waals surface area contributed by atoms with Gasteiger partial charge in [-0.1, -0.05) is 0 Å². The van der Waals surface area contributed by atoms with Crippen molar-refractivity contribution in [3.05, 3.63) is 33.6 Å². The molecule has 2 aromatic heterocycles. The van der Waals surface area contributed by atoms with Crippen LogP contribution in [0.2, 0.25) is 0 Å². The maximum atomic E-state index is 11.9. The lowest BCUT2D eigenvalue weighted by Crippen LogP contribution is -2.12. The maximum absolute atomic E-state index is 11.9. The number of aromatic nitrogens is 2. The summed E-state index contributed by atoms with van der Waals surface area (Å²) in [5.74, 6) is 0.281. The van der Waals surface area contributed by atoms with Gasteiger partial charge in [0, 0.05) is 28.2 Å². The van der Waals surface area contributed by atoms with E-state index in [1.165, 1.54) is 4.88 Å². The van der Waals surface area contributed by atoms with E-state index < -0.39 is 0 Å². The van der Waals surface area contributed by atoms with Crippen LogP contribution in [-0.4, -0.2) is 15.3 Å². The average Bonchev–Trinajstić information content (AvgIpc) is 2.81. The van der Waals surface area contributed by atoms with E-state index >= 15 is 0 Å². The van der Waals surface area contributed by atoms with E-state index in [-0.39, 0.29) is 5.78 Å². The van der Waals surface area contributed by atoms with Crippen LogP contribution >= 0.6 is 11.3 Å². The highest BCUT2D eigenvalue weighted by molar-refractivity contribution is 7.14. The fourth-order valence-electron chi connectivity index (χ4n) is 2.55. The van der Waals surface area contributed by atoms with Crippen LogP contribution < -0.4 is 0 Å². The van der Waals surface area contributed by atoms with Gasteiger partial charge in [-0.15, -0.1) is 11.3 Å². The Kier molecular flexibility index (Phi) is 2.63. The van der Waals surface area contributed by atoms with Crippen LogP contribution in [0.4, 0.5) is 0 Å². The first kappa shape index (κ1) is 11.7. The first-order chi connectivity index (χ1) is 8.58. The van der Waals surface area contributed by atoms with Crippen LogP contribution in [-0.2, 0) is 6.42 Å². The molecule has 3 nitrogen and oxygen atoms in total. The minimum atomic E-state index is 0.281. The zero-order valence-electron chi connectivity index (χ0n) is 10.9. The summed E-state index contributed by atoms with van der Waals surface area (Å²) in [5.41, 5.74) is 4.25. The normalized spacial score (nSPS) is 14.9. The van der Waals surface area contributed by atoms with Crippen molar-refractivity contribution in [2.24, 2.45) is 0 Å². The molecule has 0 spiro atoms. The molecule has 0 radical (unpaired) electrons. The molecular formula is C14H16N2OS. The van der Waals surface area contributed by atoms with E-state index in [1.807, 2.05) is 13.0 Å². The molecule has 0 saturated heterocycles. The number of nitrogens with zero attached hydrogens (tertiary/aromatic N) is 2. The second-order valence-electron chi connectivity index (χ2n) is 4.90. The lowest BCUT2D eigenvalue weighted by molar-refractivity contribution is 0.0972. The van der Waals surface area contributed by atoms with Crippen molar-refractivity contribution in [1.82, 2.24) is 9.55 Å². The Labute approximate surface area is 110 Å². The van der Waals surface area contributed by atoms with Crippen LogP contribution in [0.3, 0.4) is 0 Å². The quantitative estimate of drug-likeness (QED) is 0.788. The van der Waals surface area contributed by atoms with Crippen LogP contribution in [0.5, 0.6) is 0 Å². The van der Waals surface area contributed by atoms with E-state index in [0.717, 1.165) is 40.6 Å². The van der Waals surface area contributed by atoms with Crippen molar-refractivity contribution >= 4 is 17.1 Å². The smallest absolute Gasteiger partial charge is 0.194 e. The predicted octanol–water partition coefficient (Wildman–Crippen LogP) is 3.38. The maximum Gasteiger partial charge on any atom is 0.194 e. The summed E-state index contributed by atoms with van der Waals surface area (Å²) in [6.07, 6.45) is 2.62. The van der Waals surface area contributed by atoms with Gasteiger partial charge in [-0.05, 0) is 39.7 Å². The Morgan fingerprint density at radius 3 is 2.72 bits per heavy atom. The van der Waals surface area contributed by atoms with Crippen molar-refractivity contribution < 1.29 is 4.79 Å². The molecule has 1 aliphatic carbocycles. The molecule has 2 aromatic rings. The first-order valence-corrected chi connectivity index (χ1v) is 7.08. The number of carbonyl (C=O) groups is 1. The molecule has 0 bridgehead atoms. The molecule has 3 rings (SSSR count). The minimum absolute atomic E-state index is 0.281. The summed E-state index contributed by atoms with van der Waals surface area (Å²) < 4.78 is 2.16. The molecule has 4 heteroatoms. The zero-order chi connectivity index (χ0) is 12.9. The van der Waals surface area contributed by atoms with Gasteiger partial charge in [-0.3, -0.25) is 9.36 Å². The number of aryl methyl sites for hydroxylation is 3. The van der Waals surface area contributed by atoms with E-state index in [2.05, 4.69) is 23.4 Å².